The molecule has 1 amide bonds. The van der Waals surface area contributed by atoms with Crippen LogP contribution in [-0.2, 0) is 4.79 Å². The van der Waals surface area contributed by atoms with E-state index in [1.807, 2.05) is 23.1 Å². The number of anilines is 2. The van der Waals surface area contributed by atoms with E-state index < -0.39 is 5.67 Å². The summed E-state index contributed by atoms with van der Waals surface area (Å²) in [5.74, 6) is 0.411. The number of alkyl halides is 1. The Labute approximate surface area is 189 Å². The summed E-state index contributed by atoms with van der Waals surface area (Å²) in [5.41, 5.74) is -0.0177. The minimum absolute atomic E-state index is 0.0771. The Morgan fingerprint density at radius 3 is 2.66 bits per heavy atom. The molecular weight excluding hydrogens is 431 g/mol. The Kier molecular flexibility index (Phi) is 5.14. The van der Waals surface area contributed by atoms with Crippen molar-refractivity contribution in [2.75, 3.05) is 23.3 Å². The molecule has 2 fully saturated rings. The number of nitrogens with zero attached hydrogens (tertiary/aromatic N) is 5. The van der Waals surface area contributed by atoms with E-state index in [0.29, 0.717) is 23.9 Å². The van der Waals surface area contributed by atoms with Gasteiger partial charge >= 0.3 is 0 Å². The van der Waals surface area contributed by atoms with Crippen molar-refractivity contribution in [2.24, 2.45) is 5.92 Å². The average molecular weight is 451 g/mol. The van der Waals surface area contributed by atoms with Crippen LogP contribution in [0.5, 0.6) is 0 Å². The SMILES string of the molecule is N#CC1(F)CCN(c2cc3cc(NC(=O)C4CC4c4cncnc4)ncc3cc2Cl)CC1. The van der Waals surface area contributed by atoms with Gasteiger partial charge in [0.15, 0.2) is 5.67 Å². The average Bonchev–Trinajstić information content (AvgIpc) is 3.61. The maximum atomic E-state index is 14.2. The Balaban J connectivity index is 1.32. The zero-order valence-electron chi connectivity index (χ0n) is 17.1. The summed E-state index contributed by atoms with van der Waals surface area (Å²) in [6.45, 7) is 0.826. The predicted molar refractivity (Wildman–Crippen MR) is 119 cm³/mol. The number of hydrogen-bond donors (Lipinski definition) is 1. The molecule has 1 saturated heterocycles. The van der Waals surface area contributed by atoms with Crippen molar-refractivity contribution in [3.8, 4) is 6.07 Å². The fourth-order valence-electron chi connectivity index (χ4n) is 4.25. The first-order valence-corrected chi connectivity index (χ1v) is 10.8. The van der Waals surface area contributed by atoms with Crippen molar-refractivity contribution in [3.63, 3.8) is 0 Å². The summed E-state index contributed by atoms with van der Waals surface area (Å²) in [7, 11) is 0. The van der Waals surface area contributed by atoms with E-state index in [2.05, 4.69) is 20.3 Å². The van der Waals surface area contributed by atoms with Crippen LogP contribution in [0.25, 0.3) is 10.8 Å². The summed E-state index contributed by atoms with van der Waals surface area (Å²) in [5, 5.41) is 14.2. The lowest BCUT2D eigenvalue weighted by atomic mass is 9.94. The van der Waals surface area contributed by atoms with Crippen molar-refractivity contribution < 1.29 is 9.18 Å². The summed E-state index contributed by atoms with van der Waals surface area (Å²) < 4.78 is 14.2. The molecule has 2 aliphatic rings. The van der Waals surface area contributed by atoms with Crippen LogP contribution in [-0.4, -0.2) is 39.6 Å². The highest BCUT2D eigenvalue weighted by Crippen LogP contribution is 2.47. The lowest BCUT2D eigenvalue weighted by molar-refractivity contribution is -0.117. The van der Waals surface area contributed by atoms with Crippen molar-refractivity contribution in [3.05, 3.63) is 53.7 Å². The Hall–Kier alpha value is -3.31. The number of carbonyl (C=O) groups is 1. The van der Waals surface area contributed by atoms with Crippen LogP contribution < -0.4 is 10.2 Å². The molecule has 0 bridgehead atoms. The molecule has 3 aromatic rings. The number of hydrogen-bond acceptors (Lipinski definition) is 6. The molecular formula is C23H20ClFN6O. The molecule has 1 aromatic carbocycles. The molecule has 2 aromatic heterocycles. The molecule has 2 unspecified atom stereocenters. The van der Waals surface area contributed by atoms with Crippen LogP contribution in [0.15, 0.2) is 43.1 Å². The van der Waals surface area contributed by atoms with Gasteiger partial charge in [0, 0.05) is 55.8 Å². The number of nitriles is 1. The molecule has 9 heteroatoms. The molecule has 162 valence electrons. The third-order valence-corrected chi connectivity index (χ3v) is 6.57. The van der Waals surface area contributed by atoms with E-state index in [4.69, 9.17) is 16.9 Å². The first-order valence-electron chi connectivity index (χ1n) is 10.5. The van der Waals surface area contributed by atoms with Crippen LogP contribution in [0.2, 0.25) is 5.02 Å². The third-order valence-electron chi connectivity index (χ3n) is 6.27. The minimum atomic E-state index is -1.77. The van der Waals surface area contributed by atoms with Gasteiger partial charge in [0.25, 0.3) is 0 Å². The Bertz CT molecular complexity index is 1220. The largest absolute Gasteiger partial charge is 0.370 e. The highest BCUT2D eigenvalue weighted by molar-refractivity contribution is 6.34. The zero-order valence-corrected chi connectivity index (χ0v) is 17.9. The number of piperidine rings is 1. The van der Waals surface area contributed by atoms with Gasteiger partial charge in [0.05, 0.1) is 10.7 Å². The summed E-state index contributed by atoms with van der Waals surface area (Å²) in [4.78, 5) is 27.1. The van der Waals surface area contributed by atoms with Crippen LogP contribution in [0.1, 0.15) is 30.7 Å². The van der Waals surface area contributed by atoms with Gasteiger partial charge in [-0.1, -0.05) is 11.6 Å². The van der Waals surface area contributed by atoms with E-state index >= 15 is 0 Å². The van der Waals surface area contributed by atoms with Gasteiger partial charge in [-0.15, -0.1) is 0 Å². The van der Waals surface area contributed by atoms with Gasteiger partial charge in [0.2, 0.25) is 5.91 Å². The van der Waals surface area contributed by atoms with E-state index in [1.165, 1.54) is 6.33 Å². The fourth-order valence-corrected chi connectivity index (χ4v) is 4.54. The fraction of sp³-hybridized carbons (Fsp3) is 0.348. The van der Waals surface area contributed by atoms with Gasteiger partial charge in [0.1, 0.15) is 18.2 Å². The van der Waals surface area contributed by atoms with Crippen molar-refractivity contribution in [1.82, 2.24) is 15.0 Å². The predicted octanol–water partition coefficient (Wildman–Crippen LogP) is 4.25. The van der Waals surface area contributed by atoms with Crippen LogP contribution in [0.4, 0.5) is 15.9 Å². The number of carbonyl (C=O) groups excluding carboxylic acids is 1. The molecule has 1 saturated carbocycles. The lowest BCUT2D eigenvalue weighted by Crippen LogP contribution is -2.41. The molecule has 2 atom stereocenters. The molecule has 1 N–H and O–H groups in total. The number of benzene rings is 1. The highest BCUT2D eigenvalue weighted by atomic mass is 35.5. The van der Waals surface area contributed by atoms with Crippen molar-refractivity contribution >= 4 is 39.8 Å². The van der Waals surface area contributed by atoms with Gasteiger partial charge in [-0.3, -0.25) is 4.79 Å². The number of rotatable bonds is 4. The topological polar surface area (TPSA) is 94.8 Å². The smallest absolute Gasteiger partial charge is 0.229 e. The second-order valence-electron chi connectivity index (χ2n) is 8.39. The Morgan fingerprint density at radius 1 is 1.19 bits per heavy atom. The first-order chi connectivity index (χ1) is 15.5. The lowest BCUT2D eigenvalue weighted by Gasteiger charge is -2.34. The van der Waals surface area contributed by atoms with Crippen molar-refractivity contribution in [2.45, 2.75) is 30.8 Å². The summed E-state index contributed by atoms with van der Waals surface area (Å²) in [6, 6.07) is 7.32. The molecule has 1 aliphatic heterocycles. The summed E-state index contributed by atoms with van der Waals surface area (Å²) >= 11 is 6.48. The molecule has 0 spiro atoms. The maximum absolute atomic E-state index is 14.2. The normalized spacial score (nSPS) is 21.7. The number of pyridine rings is 1. The number of halogens is 2. The standard InChI is InChI=1S/C23H20ClFN6O/c24-19-5-15-11-29-21(30-22(32)18-8-17(18)16-9-27-13-28-10-16)7-14(15)6-20(19)31-3-1-23(25,12-26)2-4-31/h5-7,9-11,13,17-18H,1-4,8H2,(H,29,30,32). The molecule has 7 nitrogen and oxygen atoms in total. The zero-order chi connectivity index (χ0) is 22.3. The van der Waals surface area contributed by atoms with Gasteiger partial charge < -0.3 is 10.2 Å². The Morgan fingerprint density at radius 2 is 1.94 bits per heavy atom. The number of aromatic nitrogens is 3. The maximum Gasteiger partial charge on any atom is 0.229 e. The monoisotopic (exact) mass is 450 g/mol. The quantitative estimate of drug-likeness (QED) is 0.638. The van der Waals surface area contributed by atoms with Crippen molar-refractivity contribution in [1.29, 1.82) is 5.26 Å². The van der Waals surface area contributed by atoms with E-state index in [1.54, 1.807) is 24.7 Å². The third kappa shape index (κ3) is 3.96. The molecule has 3 heterocycles. The number of amides is 1. The molecule has 32 heavy (non-hydrogen) atoms. The first kappa shape index (κ1) is 20.6. The van der Waals surface area contributed by atoms with Gasteiger partial charge in [-0.2, -0.15) is 5.26 Å². The van der Waals surface area contributed by atoms with Gasteiger partial charge in [-0.05, 0) is 41.5 Å². The number of fused-ring (bicyclic) bond motifs is 1. The second-order valence-corrected chi connectivity index (χ2v) is 8.80. The van der Waals surface area contributed by atoms with E-state index in [9.17, 15) is 9.18 Å². The molecule has 0 radical (unpaired) electrons. The van der Waals surface area contributed by atoms with Gasteiger partial charge in [-0.25, -0.2) is 19.3 Å². The van der Waals surface area contributed by atoms with Crippen LogP contribution in [0.3, 0.4) is 0 Å². The molecule has 1 aliphatic carbocycles. The second kappa shape index (κ2) is 7.99. The molecule has 5 rings (SSSR count). The highest BCUT2D eigenvalue weighted by Gasteiger charge is 2.44. The minimum Gasteiger partial charge on any atom is -0.370 e. The van der Waals surface area contributed by atoms with Crippen LogP contribution >= 0.6 is 11.6 Å². The summed E-state index contributed by atoms with van der Waals surface area (Å²) in [6.07, 6.45) is 7.69. The number of nitrogens with one attached hydrogen (secondary N) is 1. The van der Waals surface area contributed by atoms with E-state index in [0.717, 1.165) is 28.4 Å². The van der Waals surface area contributed by atoms with E-state index in [-0.39, 0.29) is 30.6 Å². The van der Waals surface area contributed by atoms with Crippen LogP contribution in [0, 0.1) is 17.2 Å².